The van der Waals surface area contributed by atoms with E-state index in [1.807, 2.05) is 31.2 Å². The van der Waals surface area contributed by atoms with Crippen molar-refractivity contribution in [3.63, 3.8) is 0 Å². The van der Waals surface area contributed by atoms with Gasteiger partial charge in [0.05, 0.1) is 19.6 Å². The minimum atomic E-state index is -1.00. The molecule has 1 aromatic carbocycles. The molecule has 2 aromatic heterocycles. The molecule has 2 heterocycles. The highest BCUT2D eigenvalue weighted by molar-refractivity contribution is 5.93. The lowest BCUT2D eigenvalue weighted by Crippen LogP contribution is -2.31. The Kier molecular flexibility index (Phi) is 6.19. The highest BCUT2D eigenvalue weighted by Gasteiger charge is 2.22. The van der Waals surface area contributed by atoms with E-state index in [-0.39, 0.29) is 12.1 Å². The smallest absolute Gasteiger partial charge is 0.305 e. The zero-order chi connectivity index (χ0) is 20.8. The fourth-order valence-electron chi connectivity index (χ4n) is 3.08. The third kappa shape index (κ3) is 4.76. The molecule has 0 bridgehead atoms. The van der Waals surface area contributed by atoms with E-state index in [4.69, 9.17) is 4.74 Å². The number of benzene rings is 1. The average molecular weight is 391 g/mol. The minimum Gasteiger partial charge on any atom is -0.494 e. The summed E-state index contributed by atoms with van der Waals surface area (Å²) >= 11 is 0. The Morgan fingerprint density at radius 1 is 1.10 bits per heavy atom. The lowest BCUT2D eigenvalue weighted by molar-refractivity contribution is -0.137. The van der Waals surface area contributed by atoms with E-state index in [1.54, 1.807) is 36.7 Å². The molecule has 0 fully saturated rings. The van der Waals surface area contributed by atoms with Gasteiger partial charge in [-0.25, -0.2) is 4.98 Å². The maximum Gasteiger partial charge on any atom is 0.305 e. The molecule has 2 N–H and O–H groups in total. The Bertz CT molecular complexity index is 1020. The van der Waals surface area contributed by atoms with Crippen LogP contribution in [0.15, 0.2) is 60.9 Å². The molecule has 0 aliphatic carbocycles. The van der Waals surface area contributed by atoms with Crippen LogP contribution in [0.25, 0.3) is 11.3 Å². The molecule has 148 valence electrons. The summed E-state index contributed by atoms with van der Waals surface area (Å²) in [4.78, 5) is 32.7. The van der Waals surface area contributed by atoms with Crippen molar-refractivity contribution in [2.24, 2.45) is 0 Å². The lowest BCUT2D eigenvalue weighted by Gasteiger charge is -2.19. The molecule has 0 unspecified atom stereocenters. The summed E-state index contributed by atoms with van der Waals surface area (Å²) in [5.74, 6) is -0.940. The third-order valence-corrected chi connectivity index (χ3v) is 4.51. The number of carbonyl (C=O) groups excluding carboxylic acids is 1. The number of aliphatic carboxylic acids is 1. The first kappa shape index (κ1) is 20.0. The van der Waals surface area contributed by atoms with E-state index < -0.39 is 17.9 Å². The topological polar surface area (TPSA) is 101 Å². The van der Waals surface area contributed by atoms with Crippen LogP contribution in [0.1, 0.15) is 34.1 Å². The number of hydrogen-bond acceptors (Lipinski definition) is 5. The SMILES string of the molecule is COc1ccc(C(=O)N[C@@H](CC(=O)O)c2ccccc2C)nc1-c1ccncc1. The number of ether oxygens (including phenoxy) is 1. The predicted octanol–water partition coefficient (Wildman–Crippen LogP) is 3.41. The summed E-state index contributed by atoms with van der Waals surface area (Å²) in [6.07, 6.45) is 3.03. The Morgan fingerprint density at radius 2 is 1.83 bits per heavy atom. The van der Waals surface area contributed by atoms with Crippen molar-refractivity contribution >= 4 is 11.9 Å². The molecule has 0 spiro atoms. The molecule has 0 saturated carbocycles. The molecule has 7 nitrogen and oxygen atoms in total. The quantitative estimate of drug-likeness (QED) is 0.640. The summed E-state index contributed by atoms with van der Waals surface area (Å²) in [6.45, 7) is 1.88. The van der Waals surface area contributed by atoms with Gasteiger partial charge in [0.2, 0.25) is 0 Å². The summed E-state index contributed by atoms with van der Waals surface area (Å²) in [7, 11) is 1.53. The number of carboxylic acid groups (broad SMARTS) is 1. The fraction of sp³-hybridized carbons (Fsp3) is 0.182. The zero-order valence-electron chi connectivity index (χ0n) is 16.1. The Balaban J connectivity index is 1.92. The van der Waals surface area contributed by atoms with E-state index >= 15 is 0 Å². The summed E-state index contributed by atoms with van der Waals surface area (Å²) < 4.78 is 5.36. The van der Waals surface area contributed by atoms with Gasteiger partial charge in [-0.3, -0.25) is 14.6 Å². The van der Waals surface area contributed by atoms with Crippen molar-refractivity contribution in [1.29, 1.82) is 0 Å². The molecule has 1 amide bonds. The first-order valence-corrected chi connectivity index (χ1v) is 9.03. The van der Waals surface area contributed by atoms with Crippen LogP contribution in [-0.2, 0) is 4.79 Å². The number of carbonyl (C=O) groups is 2. The van der Waals surface area contributed by atoms with E-state index in [0.29, 0.717) is 11.4 Å². The summed E-state index contributed by atoms with van der Waals surface area (Å²) in [5.41, 5.74) is 3.09. The van der Waals surface area contributed by atoms with Crippen LogP contribution in [0, 0.1) is 6.92 Å². The number of rotatable bonds is 7. The monoisotopic (exact) mass is 391 g/mol. The number of methoxy groups -OCH3 is 1. The average Bonchev–Trinajstić information content (AvgIpc) is 2.73. The maximum absolute atomic E-state index is 12.9. The lowest BCUT2D eigenvalue weighted by atomic mass is 9.98. The third-order valence-electron chi connectivity index (χ3n) is 4.51. The molecule has 0 aliphatic rings. The molecule has 0 radical (unpaired) electrons. The van der Waals surface area contributed by atoms with Gasteiger partial charge in [0.15, 0.2) is 0 Å². The van der Waals surface area contributed by atoms with Crippen LogP contribution in [0.2, 0.25) is 0 Å². The van der Waals surface area contributed by atoms with E-state index in [2.05, 4.69) is 15.3 Å². The number of aromatic nitrogens is 2. The second-order valence-corrected chi connectivity index (χ2v) is 6.46. The van der Waals surface area contributed by atoms with Gasteiger partial charge in [0.25, 0.3) is 5.91 Å². The zero-order valence-corrected chi connectivity index (χ0v) is 16.1. The highest BCUT2D eigenvalue weighted by Crippen LogP contribution is 2.28. The van der Waals surface area contributed by atoms with Gasteiger partial charge in [-0.05, 0) is 42.3 Å². The highest BCUT2D eigenvalue weighted by atomic mass is 16.5. The van der Waals surface area contributed by atoms with Crippen LogP contribution in [0.3, 0.4) is 0 Å². The van der Waals surface area contributed by atoms with Gasteiger partial charge in [-0.2, -0.15) is 0 Å². The molecule has 3 rings (SSSR count). The molecular weight excluding hydrogens is 370 g/mol. The van der Waals surface area contributed by atoms with Gasteiger partial charge < -0.3 is 15.2 Å². The van der Waals surface area contributed by atoms with Crippen LogP contribution < -0.4 is 10.1 Å². The largest absolute Gasteiger partial charge is 0.494 e. The van der Waals surface area contributed by atoms with E-state index in [0.717, 1.165) is 16.7 Å². The van der Waals surface area contributed by atoms with Crippen molar-refractivity contribution in [1.82, 2.24) is 15.3 Å². The van der Waals surface area contributed by atoms with E-state index in [1.165, 1.54) is 7.11 Å². The molecule has 0 saturated heterocycles. The molecule has 1 atom stereocenters. The second-order valence-electron chi connectivity index (χ2n) is 6.46. The van der Waals surface area contributed by atoms with Gasteiger partial charge in [-0.1, -0.05) is 24.3 Å². The number of amides is 1. The molecule has 7 heteroatoms. The molecule has 3 aromatic rings. The number of carboxylic acids is 1. The van der Waals surface area contributed by atoms with Crippen molar-refractivity contribution in [2.75, 3.05) is 7.11 Å². The van der Waals surface area contributed by atoms with Crippen molar-refractivity contribution < 1.29 is 19.4 Å². The van der Waals surface area contributed by atoms with Crippen molar-refractivity contribution in [3.8, 4) is 17.0 Å². The Morgan fingerprint density at radius 3 is 2.48 bits per heavy atom. The summed E-state index contributed by atoms with van der Waals surface area (Å²) in [5, 5.41) is 12.1. The summed E-state index contributed by atoms with van der Waals surface area (Å²) in [6, 6.07) is 13.5. The van der Waals surface area contributed by atoms with Crippen molar-refractivity contribution in [3.05, 3.63) is 77.7 Å². The first-order valence-electron chi connectivity index (χ1n) is 9.03. The predicted molar refractivity (Wildman–Crippen MR) is 108 cm³/mol. The molecular formula is C22H21N3O4. The Labute approximate surface area is 168 Å². The molecule has 0 aliphatic heterocycles. The van der Waals surface area contributed by atoms with Crippen LogP contribution in [0.5, 0.6) is 5.75 Å². The normalized spacial score (nSPS) is 11.5. The van der Waals surface area contributed by atoms with Crippen LogP contribution in [-0.4, -0.2) is 34.1 Å². The number of pyridine rings is 2. The number of hydrogen-bond donors (Lipinski definition) is 2. The fourth-order valence-corrected chi connectivity index (χ4v) is 3.08. The first-order chi connectivity index (χ1) is 14.0. The number of nitrogens with one attached hydrogen (secondary N) is 1. The van der Waals surface area contributed by atoms with Gasteiger partial charge >= 0.3 is 5.97 Å². The molecule has 29 heavy (non-hydrogen) atoms. The van der Waals surface area contributed by atoms with Gasteiger partial charge in [-0.15, -0.1) is 0 Å². The van der Waals surface area contributed by atoms with Gasteiger partial charge in [0, 0.05) is 18.0 Å². The maximum atomic E-state index is 12.9. The number of nitrogens with zero attached hydrogens (tertiary/aromatic N) is 2. The standard InChI is InChI=1S/C22H21N3O4/c1-14-5-3-4-6-16(14)18(13-20(26)27)25-22(28)17-7-8-19(29-2)21(24-17)15-9-11-23-12-10-15/h3-12,18H,13H2,1-2H3,(H,25,28)(H,26,27)/t18-/m0/s1. The Hall–Kier alpha value is -3.74. The van der Waals surface area contributed by atoms with Gasteiger partial charge in [0.1, 0.15) is 17.1 Å². The minimum absolute atomic E-state index is 0.168. The van der Waals surface area contributed by atoms with Crippen LogP contribution in [0.4, 0.5) is 0 Å². The van der Waals surface area contributed by atoms with Crippen LogP contribution >= 0.6 is 0 Å². The van der Waals surface area contributed by atoms with Crippen molar-refractivity contribution in [2.45, 2.75) is 19.4 Å². The second kappa shape index (κ2) is 8.97. The van der Waals surface area contributed by atoms with E-state index in [9.17, 15) is 14.7 Å². The number of aryl methyl sites for hydroxylation is 1.